The Hall–Kier alpha value is -3.11. The van der Waals surface area contributed by atoms with Crippen LogP contribution in [0.1, 0.15) is 32.1 Å². The molecule has 1 heterocycles. The van der Waals surface area contributed by atoms with Crippen molar-refractivity contribution in [3.05, 3.63) is 42.5 Å². The molecule has 1 fully saturated rings. The predicted molar refractivity (Wildman–Crippen MR) is 115 cm³/mol. The third kappa shape index (κ3) is 3.48. The number of hydrogen-bond acceptors (Lipinski definition) is 8. The van der Waals surface area contributed by atoms with Gasteiger partial charge < -0.3 is 16.6 Å². The van der Waals surface area contributed by atoms with Crippen molar-refractivity contribution in [1.82, 2.24) is 0 Å². The zero-order chi connectivity index (χ0) is 21.5. The fourth-order valence-corrected chi connectivity index (χ4v) is 4.75. The summed E-state index contributed by atoms with van der Waals surface area (Å²) in [5.41, 5.74) is 12.1. The van der Waals surface area contributed by atoms with E-state index in [0.717, 1.165) is 19.3 Å². The van der Waals surface area contributed by atoms with Crippen LogP contribution < -0.4 is 16.4 Å². The molecule has 2 aromatic carbocycles. The number of nitrogens with two attached hydrogens (primary N) is 2. The molecule has 1 aliphatic heterocycles. The van der Waals surface area contributed by atoms with E-state index in [4.69, 9.17) is 11.5 Å². The number of nitrogens with zero attached hydrogens (tertiary/aromatic N) is 3. The molecule has 10 heteroatoms. The second kappa shape index (κ2) is 7.29. The topological polar surface area (TPSA) is 155 Å². The van der Waals surface area contributed by atoms with E-state index in [1.54, 1.807) is 35.2 Å². The molecular weight excluding hydrogens is 406 g/mol. The minimum atomic E-state index is -4.56. The molecule has 2 aliphatic rings. The number of phenols is 1. The van der Waals surface area contributed by atoms with Crippen LogP contribution in [-0.2, 0) is 10.1 Å². The number of anilines is 1. The van der Waals surface area contributed by atoms with E-state index < -0.39 is 15.8 Å². The average molecular weight is 430 g/mol. The zero-order valence-corrected chi connectivity index (χ0v) is 17.0. The fraction of sp³-hybridized carbons (Fsp3) is 0.300. The summed E-state index contributed by atoms with van der Waals surface area (Å²) in [7, 11) is -4.56. The van der Waals surface area contributed by atoms with Gasteiger partial charge in [-0.2, -0.15) is 13.4 Å². The van der Waals surface area contributed by atoms with Gasteiger partial charge in [0.1, 0.15) is 11.4 Å². The van der Waals surface area contributed by atoms with Crippen LogP contribution in [0.3, 0.4) is 0 Å². The van der Waals surface area contributed by atoms with E-state index in [0.29, 0.717) is 18.4 Å². The van der Waals surface area contributed by atoms with Crippen LogP contribution >= 0.6 is 0 Å². The number of guanidine groups is 2. The van der Waals surface area contributed by atoms with Gasteiger partial charge in [0.15, 0.2) is 0 Å². The minimum absolute atomic E-state index is 0.00574. The maximum Gasteiger partial charge on any atom is 0.294 e. The van der Waals surface area contributed by atoms with Crippen LogP contribution in [0, 0.1) is 0 Å². The summed E-state index contributed by atoms with van der Waals surface area (Å²) in [6.45, 7) is 0. The number of aromatic hydroxyl groups is 1. The molecule has 30 heavy (non-hydrogen) atoms. The summed E-state index contributed by atoms with van der Waals surface area (Å²) in [6.07, 6.45) is 3.98. The molecule has 0 unspecified atom stereocenters. The Kier molecular flexibility index (Phi) is 4.91. The van der Waals surface area contributed by atoms with E-state index in [-0.39, 0.29) is 33.8 Å². The molecule has 9 nitrogen and oxygen atoms in total. The lowest BCUT2D eigenvalue weighted by molar-refractivity contribution is 0.303. The lowest BCUT2D eigenvalue weighted by Gasteiger charge is -2.45. The summed E-state index contributed by atoms with van der Waals surface area (Å²) in [5, 5.41) is 11.2. The fourth-order valence-electron chi connectivity index (χ4n) is 4.22. The monoisotopic (exact) mass is 429 g/mol. The van der Waals surface area contributed by atoms with Crippen LogP contribution in [0.4, 0.5) is 5.69 Å². The molecule has 0 bridgehead atoms. The number of benzene rings is 2. The van der Waals surface area contributed by atoms with Gasteiger partial charge in [0, 0.05) is 5.56 Å². The normalized spacial score (nSPS) is 18.8. The van der Waals surface area contributed by atoms with Crippen LogP contribution in [0.5, 0.6) is 5.75 Å². The Morgan fingerprint density at radius 1 is 1.03 bits per heavy atom. The summed E-state index contributed by atoms with van der Waals surface area (Å²) in [6, 6.07) is 11.2. The molecule has 4 rings (SSSR count). The van der Waals surface area contributed by atoms with E-state index in [2.05, 4.69) is 9.98 Å². The van der Waals surface area contributed by atoms with Gasteiger partial charge in [-0.25, -0.2) is 4.99 Å². The van der Waals surface area contributed by atoms with Crippen LogP contribution in [0.2, 0.25) is 0 Å². The second-order valence-electron chi connectivity index (χ2n) is 7.50. The first-order valence-electron chi connectivity index (χ1n) is 9.61. The first-order chi connectivity index (χ1) is 14.2. The smallest absolute Gasteiger partial charge is 0.294 e. The van der Waals surface area contributed by atoms with E-state index in [1.807, 2.05) is 0 Å². The van der Waals surface area contributed by atoms with Gasteiger partial charge in [-0.1, -0.05) is 36.8 Å². The Labute approximate surface area is 174 Å². The Bertz CT molecular complexity index is 1140. The molecule has 0 saturated heterocycles. The SMILES string of the molecule is NC1=NC2(CCCCC2)N(c2cc(S(=O)(=O)O)cc(-c3ccccc3)c2O)C(N)=N1. The van der Waals surface area contributed by atoms with Crippen molar-refractivity contribution in [2.75, 3.05) is 4.90 Å². The first-order valence-corrected chi connectivity index (χ1v) is 11.0. The average Bonchev–Trinajstić information content (AvgIpc) is 2.69. The Morgan fingerprint density at radius 3 is 2.33 bits per heavy atom. The number of aliphatic imine (C=N–C) groups is 2. The van der Waals surface area contributed by atoms with Crippen LogP contribution in [0.15, 0.2) is 57.3 Å². The van der Waals surface area contributed by atoms with Gasteiger partial charge in [-0.15, -0.1) is 0 Å². The molecule has 0 radical (unpaired) electrons. The van der Waals surface area contributed by atoms with Crippen molar-refractivity contribution in [2.24, 2.45) is 21.5 Å². The molecule has 1 saturated carbocycles. The molecule has 158 valence electrons. The Morgan fingerprint density at radius 2 is 1.70 bits per heavy atom. The lowest BCUT2D eigenvalue weighted by Crippen LogP contribution is -2.58. The first kappa shape index (κ1) is 20.2. The molecule has 0 amide bonds. The summed E-state index contributed by atoms with van der Waals surface area (Å²) in [4.78, 5) is 9.77. The highest BCUT2D eigenvalue weighted by Gasteiger charge is 2.44. The number of phenolic OH excluding ortho intramolecular Hbond substituents is 1. The minimum Gasteiger partial charge on any atom is -0.505 e. The van der Waals surface area contributed by atoms with Gasteiger partial charge in [-0.3, -0.25) is 9.45 Å². The molecule has 1 aliphatic carbocycles. The summed E-state index contributed by atoms with van der Waals surface area (Å²) < 4.78 is 33.8. The number of rotatable bonds is 3. The highest BCUT2D eigenvalue weighted by atomic mass is 32.2. The predicted octanol–water partition coefficient (Wildman–Crippen LogP) is 2.42. The molecule has 1 spiro atoms. The van der Waals surface area contributed by atoms with Gasteiger partial charge in [0.05, 0.1) is 10.6 Å². The molecular formula is C20H23N5O4S. The standard InChI is InChI=1S/C20H23N5O4S/c21-18-23-19(22)25(20(24-18)9-5-2-6-10-20)16-12-14(30(27,28)29)11-15(17(16)26)13-7-3-1-4-8-13/h1,3-4,7-8,11-12,26H,2,5-6,9-10H2,(H,27,28,29)(H4,21,22,23,24). The highest BCUT2D eigenvalue weighted by Crippen LogP contribution is 2.46. The third-order valence-electron chi connectivity index (χ3n) is 5.54. The summed E-state index contributed by atoms with van der Waals surface area (Å²) >= 11 is 0. The Balaban J connectivity index is 1.98. The van der Waals surface area contributed by atoms with Crippen molar-refractivity contribution >= 4 is 27.7 Å². The largest absolute Gasteiger partial charge is 0.505 e. The maximum absolute atomic E-state index is 12.0. The molecule has 0 atom stereocenters. The van der Waals surface area contributed by atoms with Crippen molar-refractivity contribution in [3.8, 4) is 16.9 Å². The number of hydrogen-bond donors (Lipinski definition) is 4. The molecule has 2 aromatic rings. The zero-order valence-electron chi connectivity index (χ0n) is 16.2. The van der Waals surface area contributed by atoms with Crippen molar-refractivity contribution in [2.45, 2.75) is 42.7 Å². The van der Waals surface area contributed by atoms with Crippen LogP contribution in [0.25, 0.3) is 11.1 Å². The van der Waals surface area contributed by atoms with Gasteiger partial charge in [0.2, 0.25) is 11.9 Å². The van der Waals surface area contributed by atoms with Gasteiger partial charge >= 0.3 is 0 Å². The van der Waals surface area contributed by atoms with E-state index >= 15 is 0 Å². The summed E-state index contributed by atoms with van der Waals surface area (Å²) in [5.74, 6) is -0.141. The van der Waals surface area contributed by atoms with Crippen LogP contribution in [-0.4, -0.2) is 35.7 Å². The quantitative estimate of drug-likeness (QED) is 0.546. The van der Waals surface area contributed by atoms with Gasteiger partial charge in [0.25, 0.3) is 10.1 Å². The van der Waals surface area contributed by atoms with Gasteiger partial charge in [-0.05, 0) is 43.4 Å². The second-order valence-corrected chi connectivity index (χ2v) is 8.92. The van der Waals surface area contributed by atoms with Crippen molar-refractivity contribution < 1.29 is 18.1 Å². The van der Waals surface area contributed by atoms with E-state index in [9.17, 15) is 18.1 Å². The highest BCUT2D eigenvalue weighted by molar-refractivity contribution is 7.85. The molecule has 0 aromatic heterocycles. The third-order valence-corrected chi connectivity index (χ3v) is 6.37. The lowest BCUT2D eigenvalue weighted by atomic mass is 9.87. The van der Waals surface area contributed by atoms with Crippen molar-refractivity contribution in [1.29, 1.82) is 0 Å². The maximum atomic E-state index is 12.0. The molecule has 6 N–H and O–H groups in total. The van der Waals surface area contributed by atoms with E-state index in [1.165, 1.54) is 12.1 Å². The van der Waals surface area contributed by atoms with Crippen molar-refractivity contribution in [3.63, 3.8) is 0 Å².